The van der Waals surface area contributed by atoms with Crippen LogP contribution in [-0.2, 0) is 6.54 Å². The molecule has 0 saturated carbocycles. The number of halogens is 1. The molecule has 158 valence electrons. The summed E-state index contributed by atoms with van der Waals surface area (Å²) < 4.78 is 0.789. The van der Waals surface area contributed by atoms with Gasteiger partial charge in [0.2, 0.25) is 0 Å². The van der Waals surface area contributed by atoms with E-state index in [1.165, 1.54) is 9.78 Å². The smallest absolute Gasteiger partial charge is 0.261 e. The molecule has 2 aliphatic rings. The molecular formula is C22H24ClN3O3S. The molecule has 0 aliphatic carbocycles. The summed E-state index contributed by atoms with van der Waals surface area (Å²) in [5, 5.41) is 0. The minimum atomic E-state index is -0.294. The Balaban J connectivity index is 1.40. The highest BCUT2D eigenvalue weighted by atomic mass is 35.5. The molecule has 4 rings (SSSR count). The summed E-state index contributed by atoms with van der Waals surface area (Å²) in [7, 11) is 0. The van der Waals surface area contributed by atoms with Crippen molar-refractivity contribution in [2.45, 2.75) is 26.3 Å². The Labute approximate surface area is 185 Å². The Hall–Kier alpha value is -2.22. The van der Waals surface area contributed by atoms with Crippen molar-refractivity contribution < 1.29 is 14.4 Å². The number of nitrogens with zero attached hydrogens (tertiary/aromatic N) is 3. The number of carbonyl (C=O) groups excluding carboxylic acids is 3. The van der Waals surface area contributed by atoms with Crippen LogP contribution in [0.25, 0.3) is 0 Å². The van der Waals surface area contributed by atoms with E-state index in [2.05, 4.69) is 4.90 Å². The molecule has 2 aliphatic heterocycles. The Kier molecular flexibility index (Phi) is 6.22. The maximum atomic E-state index is 13.0. The van der Waals surface area contributed by atoms with Crippen LogP contribution in [-0.4, -0.2) is 65.1 Å². The molecule has 8 heteroatoms. The minimum absolute atomic E-state index is 0.0936. The second kappa shape index (κ2) is 8.88. The molecular weight excluding hydrogens is 422 g/mol. The van der Waals surface area contributed by atoms with Crippen LogP contribution in [0.1, 0.15) is 55.7 Å². The van der Waals surface area contributed by atoms with Gasteiger partial charge in [0, 0.05) is 49.7 Å². The molecule has 0 radical (unpaired) electrons. The Morgan fingerprint density at radius 2 is 1.77 bits per heavy atom. The Morgan fingerprint density at radius 1 is 1.03 bits per heavy atom. The molecule has 3 heterocycles. The molecule has 30 heavy (non-hydrogen) atoms. The summed E-state index contributed by atoms with van der Waals surface area (Å²) in [6.07, 6.45) is 1.68. The van der Waals surface area contributed by atoms with Crippen LogP contribution in [0.4, 0.5) is 0 Å². The molecule has 0 bridgehead atoms. The van der Waals surface area contributed by atoms with Crippen LogP contribution >= 0.6 is 22.9 Å². The van der Waals surface area contributed by atoms with Crippen molar-refractivity contribution in [3.63, 3.8) is 0 Å². The van der Waals surface area contributed by atoms with Gasteiger partial charge in [0.15, 0.2) is 0 Å². The second-order valence-corrected chi connectivity index (χ2v) is 9.45. The lowest BCUT2D eigenvalue weighted by Crippen LogP contribution is -2.48. The predicted molar refractivity (Wildman–Crippen MR) is 117 cm³/mol. The zero-order chi connectivity index (χ0) is 21.3. The third kappa shape index (κ3) is 4.15. The van der Waals surface area contributed by atoms with Crippen molar-refractivity contribution in [3.8, 4) is 0 Å². The second-order valence-electron chi connectivity index (χ2n) is 7.65. The number of hydrogen-bond acceptors (Lipinski definition) is 5. The predicted octanol–water partition coefficient (Wildman–Crippen LogP) is 3.76. The topological polar surface area (TPSA) is 60.9 Å². The lowest BCUT2D eigenvalue weighted by molar-refractivity contribution is 0.0627. The van der Waals surface area contributed by atoms with Crippen molar-refractivity contribution in [1.82, 2.24) is 14.7 Å². The number of hydrogen-bond donors (Lipinski definition) is 0. The van der Waals surface area contributed by atoms with Gasteiger partial charge in [-0.1, -0.05) is 24.9 Å². The van der Waals surface area contributed by atoms with Gasteiger partial charge in [-0.2, -0.15) is 0 Å². The van der Waals surface area contributed by atoms with Crippen molar-refractivity contribution in [3.05, 3.63) is 56.2 Å². The summed E-state index contributed by atoms with van der Waals surface area (Å²) in [6, 6.07) is 8.81. The van der Waals surface area contributed by atoms with E-state index in [0.29, 0.717) is 36.3 Å². The number of carbonyl (C=O) groups is 3. The van der Waals surface area contributed by atoms with Crippen LogP contribution in [0.5, 0.6) is 0 Å². The number of benzene rings is 1. The monoisotopic (exact) mass is 445 g/mol. The van der Waals surface area contributed by atoms with E-state index in [1.54, 1.807) is 29.5 Å². The van der Waals surface area contributed by atoms with E-state index >= 15 is 0 Å². The largest absolute Gasteiger partial charge is 0.336 e. The molecule has 0 atom stereocenters. The lowest BCUT2D eigenvalue weighted by atomic mass is 10.0. The molecule has 0 N–H and O–H groups in total. The summed E-state index contributed by atoms with van der Waals surface area (Å²) >= 11 is 7.58. The number of amides is 3. The molecule has 1 fully saturated rings. The summed E-state index contributed by atoms with van der Waals surface area (Å²) in [4.78, 5) is 44.7. The first kappa shape index (κ1) is 21.0. The molecule has 0 spiro atoms. The van der Waals surface area contributed by atoms with E-state index < -0.39 is 0 Å². The fraction of sp³-hybridized carbons (Fsp3) is 0.409. The highest BCUT2D eigenvalue weighted by Gasteiger charge is 2.36. The van der Waals surface area contributed by atoms with E-state index in [9.17, 15) is 14.4 Å². The maximum Gasteiger partial charge on any atom is 0.261 e. The number of imide groups is 1. The Morgan fingerprint density at radius 3 is 2.43 bits per heavy atom. The molecule has 1 aromatic carbocycles. The van der Waals surface area contributed by atoms with E-state index in [-0.39, 0.29) is 17.7 Å². The highest BCUT2D eigenvalue weighted by Crippen LogP contribution is 2.26. The molecule has 1 aromatic heterocycles. The number of unbranched alkanes of at least 4 members (excludes halogenated alkanes) is 1. The number of piperazine rings is 1. The molecule has 6 nitrogen and oxygen atoms in total. The fourth-order valence-electron chi connectivity index (χ4n) is 3.89. The molecule has 3 amide bonds. The summed E-state index contributed by atoms with van der Waals surface area (Å²) in [5.41, 5.74) is 1.20. The van der Waals surface area contributed by atoms with E-state index in [4.69, 9.17) is 11.6 Å². The van der Waals surface area contributed by atoms with Gasteiger partial charge >= 0.3 is 0 Å². The van der Waals surface area contributed by atoms with E-state index in [0.717, 1.165) is 36.8 Å². The normalized spacial score (nSPS) is 17.0. The zero-order valence-corrected chi connectivity index (χ0v) is 18.5. The van der Waals surface area contributed by atoms with Crippen LogP contribution < -0.4 is 0 Å². The standard InChI is InChI=1S/C22H24ClN3O3S/c1-2-3-8-26-21(28)17-6-4-15(13-18(17)22(26)29)20(27)25-11-9-24(10-12-25)14-16-5-7-19(23)30-16/h4-7,13H,2-3,8-12,14H2,1H3. The van der Waals surface area contributed by atoms with Gasteiger partial charge in [0.25, 0.3) is 17.7 Å². The van der Waals surface area contributed by atoms with Crippen LogP contribution in [0.2, 0.25) is 4.34 Å². The van der Waals surface area contributed by atoms with Crippen LogP contribution in [0, 0.1) is 0 Å². The van der Waals surface area contributed by atoms with Crippen molar-refractivity contribution in [2.75, 3.05) is 32.7 Å². The van der Waals surface area contributed by atoms with Crippen molar-refractivity contribution >= 4 is 40.7 Å². The van der Waals surface area contributed by atoms with Gasteiger partial charge in [0.1, 0.15) is 0 Å². The summed E-state index contributed by atoms with van der Waals surface area (Å²) in [5.74, 6) is -0.647. The van der Waals surface area contributed by atoms with Gasteiger partial charge in [-0.25, -0.2) is 0 Å². The number of fused-ring (bicyclic) bond motifs is 1. The van der Waals surface area contributed by atoms with Gasteiger partial charge in [0.05, 0.1) is 15.5 Å². The average molecular weight is 446 g/mol. The fourth-order valence-corrected chi connectivity index (χ4v) is 5.02. The van der Waals surface area contributed by atoms with Gasteiger partial charge in [-0.3, -0.25) is 24.2 Å². The molecule has 0 unspecified atom stereocenters. The quantitative estimate of drug-likeness (QED) is 0.635. The first-order chi connectivity index (χ1) is 14.5. The minimum Gasteiger partial charge on any atom is -0.336 e. The highest BCUT2D eigenvalue weighted by molar-refractivity contribution is 7.16. The van der Waals surface area contributed by atoms with Crippen LogP contribution in [0.3, 0.4) is 0 Å². The van der Waals surface area contributed by atoms with Crippen molar-refractivity contribution in [1.29, 1.82) is 0 Å². The lowest BCUT2D eigenvalue weighted by Gasteiger charge is -2.34. The average Bonchev–Trinajstić information content (AvgIpc) is 3.27. The van der Waals surface area contributed by atoms with Crippen LogP contribution in [0.15, 0.2) is 30.3 Å². The van der Waals surface area contributed by atoms with Gasteiger partial charge in [-0.05, 0) is 36.8 Å². The first-order valence-corrected chi connectivity index (χ1v) is 11.4. The van der Waals surface area contributed by atoms with Gasteiger partial charge < -0.3 is 4.90 Å². The van der Waals surface area contributed by atoms with E-state index in [1.807, 2.05) is 24.0 Å². The maximum absolute atomic E-state index is 13.0. The SMILES string of the molecule is CCCCN1C(=O)c2ccc(C(=O)N3CCN(Cc4ccc(Cl)s4)CC3)cc2C1=O. The molecule has 1 saturated heterocycles. The summed E-state index contributed by atoms with van der Waals surface area (Å²) in [6.45, 7) is 6.11. The third-order valence-corrected chi connectivity index (χ3v) is 6.84. The van der Waals surface area contributed by atoms with Gasteiger partial charge in [-0.15, -0.1) is 11.3 Å². The first-order valence-electron chi connectivity index (χ1n) is 10.2. The third-order valence-electron chi connectivity index (χ3n) is 5.62. The molecule has 2 aromatic rings. The zero-order valence-electron chi connectivity index (χ0n) is 16.9. The van der Waals surface area contributed by atoms with Crippen molar-refractivity contribution in [2.24, 2.45) is 0 Å². The number of thiophene rings is 1. The number of rotatable bonds is 6. The Bertz CT molecular complexity index is 982.